The summed E-state index contributed by atoms with van der Waals surface area (Å²) in [5, 5.41) is 2.90. The lowest BCUT2D eigenvalue weighted by molar-refractivity contribution is -0.144. The van der Waals surface area contributed by atoms with Gasteiger partial charge >= 0.3 is 0 Å². The van der Waals surface area contributed by atoms with Crippen LogP contribution in [-0.4, -0.2) is 29.2 Å². The summed E-state index contributed by atoms with van der Waals surface area (Å²) in [4.78, 5) is 39.4. The molecule has 6 rings (SSSR count). The number of rotatable bonds is 4. The quantitative estimate of drug-likeness (QED) is 0.666. The van der Waals surface area contributed by atoms with Crippen LogP contribution in [0, 0.1) is 35.5 Å². The number of carbonyl (C=O) groups is 3. The van der Waals surface area contributed by atoms with Crippen LogP contribution in [0.5, 0.6) is 0 Å². The fourth-order valence-corrected chi connectivity index (χ4v) is 5.43. The average Bonchev–Trinajstić information content (AvgIpc) is 3.43. The van der Waals surface area contributed by atoms with E-state index in [-0.39, 0.29) is 54.0 Å². The first kappa shape index (κ1) is 15.8. The number of nitrogens with zero attached hydrogens (tertiary/aromatic N) is 1. The van der Waals surface area contributed by atoms with Gasteiger partial charge in [-0.15, -0.1) is 0 Å². The van der Waals surface area contributed by atoms with Crippen LogP contribution >= 0.6 is 0 Å². The van der Waals surface area contributed by atoms with Crippen LogP contribution in [0.1, 0.15) is 24.9 Å². The Hall–Kier alpha value is -2.43. The largest absolute Gasteiger partial charge is 0.348 e. The number of benzene rings is 1. The van der Waals surface area contributed by atoms with Gasteiger partial charge in [-0.3, -0.25) is 19.3 Å². The number of carbonyl (C=O) groups excluding carboxylic acids is 3. The molecule has 1 heterocycles. The summed E-state index contributed by atoms with van der Waals surface area (Å²) in [7, 11) is 0. The Morgan fingerprint density at radius 2 is 1.65 bits per heavy atom. The number of hydrogen-bond acceptors (Lipinski definition) is 3. The third kappa shape index (κ3) is 2.19. The van der Waals surface area contributed by atoms with E-state index in [0.29, 0.717) is 11.8 Å². The first-order valence-corrected chi connectivity index (χ1v) is 9.44. The fraction of sp³-hybridized carbons (Fsp3) is 0.476. The molecule has 0 unspecified atom stereocenters. The maximum Gasteiger partial charge on any atom is 0.240 e. The van der Waals surface area contributed by atoms with E-state index in [1.165, 1.54) is 4.90 Å². The molecule has 26 heavy (non-hydrogen) atoms. The van der Waals surface area contributed by atoms with E-state index < -0.39 is 0 Å². The molecule has 4 aliphatic carbocycles. The number of amides is 3. The molecular weight excluding hydrogens is 328 g/mol. The second-order valence-corrected chi connectivity index (χ2v) is 8.12. The van der Waals surface area contributed by atoms with Gasteiger partial charge in [0.15, 0.2) is 0 Å². The van der Waals surface area contributed by atoms with E-state index >= 15 is 0 Å². The first-order valence-electron chi connectivity index (χ1n) is 9.44. The van der Waals surface area contributed by atoms with Crippen molar-refractivity contribution in [2.24, 2.45) is 35.5 Å². The summed E-state index contributed by atoms with van der Waals surface area (Å²) in [5.74, 6) is 0.503. The number of nitrogens with one attached hydrogen (secondary N) is 1. The lowest BCUT2D eigenvalue weighted by Gasteiger charge is -2.37. The molecule has 1 aromatic carbocycles. The first-order chi connectivity index (χ1) is 12.6. The monoisotopic (exact) mass is 350 g/mol. The topological polar surface area (TPSA) is 66.5 Å². The molecule has 134 valence electrons. The number of likely N-dealkylation sites (tertiary alicyclic amines) is 1. The minimum atomic E-state index is -0.285. The summed E-state index contributed by atoms with van der Waals surface area (Å²) in [6.45, 7) is 1.73. The molecule has 3 amide bonds. The number of imide groups is 1. The van der Waals surface area contributed by atoms with E-state index in [0.717, 1.165) is 12.0 Å². The van der Waals surface area contributed by atoms with Crippen LogP contribution in [0.2, 0.25) is 0 Å². The van der Waals surface area contributed by atoms with Gasteiger partial charge < -0.3 is 5.32 Å². The highest BCUT2D eigenvalue weighted by atomic mass is 16.2. The van der Waals surface area contributed by atoms with Gasteiger partial charge in [0, 0.05) is 0 Å². The van der Waals surface area contributed by atoms with Crippen molar-refractivity contribution in [2.75, 3.05) is 6.54 Å². The van der Waals surface area contributed by atoms with Gasteiger partial charge in [-0.25, -0.2) is 0 Å². The van der Waals surface area contributed by atoms with Crippen LogP contribution in [0.3, 0.4) is 0 Å². The van der Waals surface area contributed by atoms with Gasteiger partial charge in [-0.2, -0.15) is 0 Å². The SMILES string of the molecule is C[C@H](NC(=O)CN1C(=O)[C@H]2[C@@H]3C=C[C@H]([C@H]4C[C@H]34)[C@@H]2C1=O)c1ccccc1. The Morgan fingerprint density at radius 1 is 1.08 bits per heavy atom. The van der Waals surface area contributed by atoms with E-state index in [1.807, 2.05) is 37.3 Å². The normalized spacial score (nSPS) is 37.3. The minimum absolute atomic E-state index is 0.146. The highest BCUT2D eigenvalue weighted by molar-refractivity contribution is 6.08. The van der Waals surface area contributed by atoms with Gasteiger partial charge in [-0.1, -0.05) is 42.5 Å². The number of hydrogen-bond donors (Lipinski definition) is 1. The van der Waals surface area contributed by atoms with Crippen molar-refractivity contribution in [2.45, 2.75) is 19.4 Å². The predicted octanol–water partition coefficient (Wildman–Crippen LogP) is 1.92. The molecule has 5 aliphatic rings. The zero-order valence-corrected chi connectivity index (χ0v) is 14.7. The maximum atomic E-state index is 12.9. The van der Waals surface area contributed by atoms with Crippen molar-refractivity contribution in [1.29, 1.82) is 0 Å². The van der Waals surface area contributed by atoms with Crippen molar-refractivity contribution in [3.05, 3.63) is 48.0 Å². The summed E-state index contributed by atoms with van der Waals surface area (Å²) in [6, 6.07) is 9.50. The van der Waals surface area contributed by atoms with Crippen molar-refractivity contribution in [3.63, 3.8) is 0 Å². The minimum Gasteiger partial charge on any atom is -0.348 e. The molecule has 0 aromatic heterocycles. The maximum absolute atomic E-state index is 12.9. The zero-order chi connectivity index (χ0) is 18.0. The van der Waals surface area contributed by atoms with E-state index in [2.05, 4.69) is 17.5 Å². The summed E-state index contributed by atoms with van der Waals surface area (Å²) >= 11 is 0. The van der Waals surface area contributed by atoms with E-state index in [4.69, 9.17) is 0 Å². The molecule has 1 aromatic rings. The molecule has 0 radical (unpaired) electrons. The Kier molecular flexibility index (Phi) is 3.36. The Morgan fingerprint density at radius 3 is 2.23 bits per heavy atom. The molecule has 2 bridgehead atoms. The highest BCUT2D eigenvalue weighted by Crippen LogP contribution is 2.65. The Labute approximate surface area is 152 Å². The summed E-state index contributed by atoms with van der Waals surface area (Å²) in [5.41, 5.74) is 0.996. The molecule has 7 atom stereocenters. The summed E-state index contributed by atoms with van der Waals surface area (Å²) in [6.07, 6.45) is 5.43. The van der Waals surface area contributed by atoms with Gasteiger partial charge in [0.05, 0.1) is 17.9 Å². The highest BCUT2D eigenvalue weighted by Gasteiger charge is 2.67. The van der Waals surface area contributed by atoms with Crippen LogP contribution in [0.4, 0.5) is 0 Å². The Balaban J connectivity index is 1.29. The van der Waals surface area contributed by atoms with Crippen LogP contribution in [-0.2, 0) is 14.4 Å². The number of allylic oxidation sites excluding steroid dienone is 2. The lowest BCUT2D eigenvalue weighted by atomic mass is 9.63. The van der Waals surface area contributed by atoms with Crippen LogP contribution in [0.25, 0.3) is 0 Å². The zero-order valence-electron chi connectivity index (χ0n) is 14.7. The van der Waals surface area contributed by atoms with E-state index in [1.54, 1.807) is 0 Å². The summed E-state index contributed by atoms with van der Waals surface area (Å²) < 4.78 is 0. The average molecular weight is 350 g/mol. The fourth-order valence-electron chi connectivity index (χ4n) is 5.43. The van der Waals surface area contributed by atoms with Gasteiger partial charge in [-0.05, 0) is 42.6 Å². The van der Waals surface area contributed by atoms with Gasteiger partial charge in [0.2, 0.25) is 17.7 Å². The van der Waals surface area contributed by atoms with Gasteiger partial charge in [0.1, 0.15) is 6.54 Å². The second kappa shape index (κ2) is 5.53. The molecule has 5 heteroatoms. The molecule has 5 nitrogen and oxygen atoms in total. The second-order valence-electron chi connectivity index (χ2n) is 8.12. The van der Waals surface area contributed by atoms with Crippen molar-refractivity contribution < 1.29 is 14.4 Å². The standard InChI is InChI=1S/C21H22N2O3/c1-11(12-5-3-2-4-6-12)22-17(24)10-23-20(25)18-13-7-8-14(16-9-15(13)16)19(18)21(23)26/h2-8,11,13-16,18-19H,9-10H2,1H3,(H,22,24)/t11-,13+,14+,15+,16+,18-,19-/m0/s1. The van der Waals surface area contributed by atoms with Crippen LogP contribution < -0.4 is 5.32 Å². The van der Waals surface area contributed by atoms with Crippen molar-refractivity contribution >= 4 is 17.7 Å². The Bertz CT molecular complexity index is 782. The molecule has 3 fully saturated rings. The molecule has 1 N–H and O–H groups in total. The molecule has 0 spiro atoms. The molecular formula is C21H22N2O3. The van der Waals surface area contributed by atoms with Gasteiger partial charge in [0.25, 0.3) is 0 Å². The molecule has 1 aliphatic heterocycles. The smallest absolute Gasteiger partial charge is 0.240 e. The molecule has 1 saturated heterocycles. The van der Waals surface area contributed by atoms with Crippen molar-refractivity contribution in [3.8, 4) is 0 Å². The predicted molar refractivity (Wildman–Crippen MR) is 94.4 cm³/mol. The van der Waals surface area contributed by atoms with Crippen molar-refractivity contribution in [1.82, 2.24) is 10.2 Å². The third-order valence-electron chi connectivity index (χ3n) is 6.73. The molecule has 2 saturated carbocycles. The van der Waals surface area contributed by atoms with E-state index in [9.17, 15) is 14.4 Å². The third-order valence-corrected chi connectivity index (χ3v) is 6.73. The lowest BCUT2D eigenvalue weighted by Crippen LogP contribution is -2.42. The van der Waals surface area contributed by atoms with Crippen LogP contribution in [0.15, 0.2) is 42.5 Å².